The second-order valence-corrected chi connectivity index (χ2v) is 4.31. The summed E-state index contributed by atoms with van der Waals surface area (Å²) in [5, 5.41) is 33.9. The van der Waals surface area contributed by atoms with Crippen LogP contribution in [0.1, 0.15) is 6.42 Å². The molecule has 17 heavy (non-hydrogen) atoms. The molecule has 0 spiro atoms. The molecule has 8 heteroatoms. The van der Waals surface area contributed by atoms with Crippen LogP contribution in [0.4, 0.5) is 0 Å². The zero-order valence-electron chi connectivity index (χ0n) is 9.91. The van der Waals surface area contributed by atoms with Crippen molar-refractivity contribution in [2.24, 2.45) is 0 Å². The van der Waals surface area contributed by atoms with E-state index in [1.54, 1.807) is 0 Å². The Balaban J connectivity index is 0. The molecule has 0 amide bonds. The van der Waals surface area contributed by atoms with E-state index in [1.165, 1.54) is 0 Å². The maximum Gasteiger partial charge on any atom is 0.414 e. The quantitative estimate of drug-likeness (QED) is 0.367. The molecular formula is C9H17NO7. The third-order valence-corrected chi connectivity index (χ3v) is 1.34. The van der Waals surface area contributed by atoms with Gasteiger partial charge in [-0.25, -0.2) is 9.59 Å². The number of carbonyl (C=O) groups excluding carboxylic acids is 1. The van der Waals surface area contributed by atoms with Crippen LogP contribution in [0.3, 0.4) is 0 Å². The summed E-state index contributed by atoms with van der Waals surface area (Å²) in [6, 6.07) is 0. The standard InChI is InChI=1S/C7H15NO3.C2H2O4/c1-8(2,3)5-6(9)4-7(10)11;3-1(4)2(5)6/h6,9H,4-5H2,1-3H3;(H,3,4)(H,5,6)/t6-;/m1./s1. The van der Waals surface area contributed by atoms with E-state index in [4.69, 9.17) is 24.9 Å². The van der Waals surface area contributed by atoms with Crippen LogP contribution in [0.5, 0.6) is 0 Å². The summed E-state index contributed by atoms with van der Waals surface area (Å²) in [7, 11) is 5.66. The van der Waals surface area contributed by atoms with Crippen molar-refractivity contribution in [3.63, 3.8) is 0 Å². The maximum atomic E-state index is 10.0. The first kappa shape index (κ1) is 17.7. The number of aliphatic carboxylic acids is 3. The van der Waals surface area contributed by atoms with E-state index in [2.05, 4.69) is 0 Å². The van der Waals surface area contributed by atoms with Crippen molar-refractivity contribution >= 4 is 17.9 Å². The number of quaternary nitrogens is 1. The lowest BCUT2D eigenvalue weighted by Crippen LogP contribution is -2.43. The predicted molar refractivity (Wildman–Crippen MR) is 53.8 cm³/mol. The molecular weight excluding hydrogens is 234 g/mol. The number of likely N-dealkylation sites (N-methyl/N-ethyl adjacent to an activating group) is 1. The number of carbonyl (C=O) groups is 3. The first-order valence-electron chi connectivity index (χ1n) is 4.60. The molecule has 0 saturated heterocycles. The first-order valence-corrected chi connectivity index (χ1v) is 4.60. The number of rotatable bonds is 4. The fourth-order valence-electron chi connectivity index (χ4n) is 0.889. The van der Waals surface area contributed by atoms with Crippen LogP contribution in [-0.4, -0.2) is 71.5 Å². The summed E-state index contributed by atoms with van der Waals surface area (Å²) in [6.07, 6.45) is -1.09. The van der Waals surface area contributed by atoms with Crippen LogP contribution in [0.2, 0.25) is 0 Å². The summed E-state index contributed by atoms with van der Waals surface area (Å²) in [6.45, 7) is 0.425. The zero-order valence-corrected chi connectivity index (χ0v) is 9.91. The van der Waals surface area contributed by atoms with Gasteiger partial charge in [0.25, 0.3) is 0 Å². The van der Waals surface area contributed by atoms with Crippen molar-refractivity contribution in [3.05, 3.63) is 0 Å². The van der Waals surface area contributed by atoms with E-state index < -0.39 is 24.0 Å². The van der Waals surface area contributed by atoms with Gasteiger partial charge in [-0.3, -0.25) is 0 Å². The van der Waals surface area contributed by atoms with Gasteiger partial charge in [-0.05, 0) is 0 Å². The Bertz CT molecular complexity index is 270. The van der Waals surface area contributed by atoms with Crippen molar-refractivity contribution in [1.29, 1.82) is 0 Å². The molecule has 0 aliphatic heterocycles. The molecule has 0 bridgehead atoms. The van der Waals surface area contributed by atoms with Gasteiger partial charge in [0.15, 0.2) is 0 Å². The molecule has 0 aliphatic rings. The average molecular weight is 251 g/mol. The lowest BCUT2D eigenvalue weighted by atomic mass is 10.2. The molecule has 0 unspecified atom stereocenters. The second kappa shape index (κ2) is 7.58. The molecule has 100 valence electrons. The van der Waals surface area contributed by atoms with E-state index in [0.717, 1.165) is 0 Å². The summed E-state index contributed by atoms with van der Waals surface area (Å²) in [4.78, 5) is 28.2. The Hall–Kier alpha value is -1.67. The van der Waals surface area contributed by atoms with E-state index in [9.17, 15) is 9.90 Å². The predicted octanol–water partition coefficient (Wildman–Crippen LogP) is -2.65. The first-order chi connectivity index (χ1) is 7.45. The lowest BCUT2D eigenvalue weighted by molar-refractivity contribution is -0.873. The molecule has 0 heterocycles. The second-order valence-electron chi connectivity index (χ2n) is 4.31. The summed E-state index contributed by atoms with van der Waals surface area (Å²) >= 11 is 0. The Labute approximate surface area is 98.3 Å². The number of nitrogens with zero attached hydrogens (tertiary/aromatic N) is 1. The summed E-state index contributed by atoms with van der Waals surface area (Å²) in [5.41, 5.74) is 0. The molecule has 0 fully saturated rings. The highest BCUT2D eigenvalue weighted by atomic mass is 16.4. The van der Waals surface area contributed by atoms with Crippen molar-refractivity contribution in [3.8, 4) is 0 Å². The third-order valence-electron chi connectivity index (χ3n) is 1.34. The Morgan fingerprint density at radius 2 is 1.47 bits per heavy atom. The average Bonchev–Trinajstić information content (AvgIpc) is 1.98. The number of hydrogen-bond donors (Lipinski definition) is 3. The van der Waals surface area contributed by atoms with Crippen LogP contribution >= 0.6 is 0 Å². The number of aliphatic hydroxyl groups excluding tert-OH is 1. The van der Waals surface area contributed by atoms with Gasteiger partial charge in [0.1, 0.15) is 12.6 Å². The number of hydrogen-bond acceptors (Lipinski definition) is 5. The molecule has 0 aromatic rings. The van der Waals surface area contributed by atoms with Crippen LogP contribution in [0.15, 0.2) is 0 Å². The highest BCUT2D eigenvalue weighted by molar-refractivity contribution is 6.27. The lowest BCUT2D eigenvalue weighted by Gasteiger charge is -2.26. The number of carboxylic acids is 3. The summed E-state index contributed by atoms with van der Waals surface area (Å²) < 4.78 is 0.550. The fraction of sp³-hybridized carbons (Fsp3) is 0.667. The minimum atomic E-state index is -1.82. The number of carboxylic acid groups (broad SMARTS) is 3. The zero-order chi connectivity index (χ0) is 14.2. The molecule has 8 nitrogen and oxygen atoms in total. The molecule has 0 radical (unpaired) electrons. The normalized spacial score (nSPS) is 12.0. The fourth-order valence-corrected chi connectivity index (χ4v) is 0.889. The van der Waals surface area contributed by atoms with Gasteiger partial charge in [0.2, 0.25) is 0 Å². The highest BCUT2D eigenvalue weighted by Crippen LogP contribution is 1.97. The van der Waals surface area contributed by atoms with Crippen molar-refractivity contribution in [2.75, 3.05) is 27.7 Å². The van der Waals surface area contributed by atoms with Crippen LogP contribution < -0.4 is 5.11 Å². The monoisotopic (exact) mass is 251 g/mol. The minimum Gasteiger partial charge on any atom is -0.550 e. The van der Waals surface area contributed by atoms with Crippen molar-refractivity contribution in [1.82, 2.24) is 0 Å². The maximum absolute atomic E-state index is 10.0. The van der Waals surface area contributed by atoms with E-state index >= 15 is 0 Å². The molecule has 0 aliphatic carbocycles. The van der Waals surface area contributed by atoms with Gasteiger partial charge in [0, 0.05) is 12.4 Å². The summed E-state index contributed by atoms with van der Waals surface area (Å²) in [5.74, 6) is -4.85. The van der Waals surface area contributed by atoms with E-state index in [0.29, 0.717) is 11.0 Å². The van der Waals surface area contributed by atoms with Crippen molar-refractivity contribution in [2.45, 2.75) is 12.5 Å². The van der Waals surface area contributed by atoms with Crippen molar-refractivity contribution < 1.29 is 39.3 Å². The Morgan fingerprint density at radius 3 is 1.65 bits per heavy atom. The van der Waals surface area contributed by atoms with Gasteiger partial charge in [-0.15, -0.1) is 0 Å². The Kier molecular flexibility index (Phi) is 7.90. The van der Waals surface area contributed by atoms with Crippen LogP contribution in [0, 0.1) is 0 Å². The molecule has 0 rings (SSSR count). The van der Waals surface area contributed by atoms with Gasteiger partial charge in [0.05, 0.1) is 21.1 Å². The highest BCUT2D eigenvalue weighted by Gasteiger charge is 2.14. The van der Waals surface area contributed by atoms with Gasteiger partial charge >= 0.3 is 11.9 Å². The van der Waals surface area contributed by atoms with E-state index in [-0.39, 0.29) is 6.42 Å². The third kappa shape index (κ3) is 17.0. The molecule has 0 aromatic carbocycles. The molecule has 1 atom stereocenters. The molecule has 0 saturated carbocycles. The van der Waals surface area contributed by atoms with Gasteiger partial charge in [-0.1, -0.05) is 0 Å². The van der Waals surface area contributed by atoms with Gasteiger partial charge < -0.3 is 29.7 Å². The SMILES string of the molecule is C[N+](C)(C)C[C@H](O)CC(=O)[O-].O=C(O)C(=O)O. The molecule has 3 N–H and O–H groups in total. The van der Waals surface area contributed by atoms with Crippen LogP contribution in [0.25, 0.3) is 0 Å². The van der Waals surface area contributed by atoms with Crippen LogP contribution in [-0.2, 0) is 14.4 Å². The number of aliphatic hydroxyl groups is 1. The smallest absolute Gasteiger partial charge is 0.414 e. The minimum absolute atomic E-state index is 0.282. The molecule has 0 aromatic heterocycles. The topological polar surface area (TPSA) is 135 Å². The Morgan fingerprint density at radius 1 is 1.12 bits per heavy atom. The largest absolute Gasteiger partial charge is 0.550 e. The van der Waals surface area contributed by atoms with Gasteiger partial charge in [-0.2, -0.15) is 0 Å². The van der Waals surface area contributed by atoms with E-state index in [1.807, 2.05) is 21.1 Å².